The zero-order chi connectivity index (χ0) is 19.2. The summed E-state index contributed by atoms with van der Waals surface area (Å²) < 4.78 is 5.83. The van der Waals surface area contributed by atoms with Crippen molar-refractivity contribution >= 4 is 12.0 Å². The molecule has 1 aromatic heterocycles. The highest BCUT2D eigenvalue weighted by atomic mass is 16.5. The summed E-state index contributed by atoms with van der Waals surface area (Å²) in [4.78, 5) is 24.8. The molecule has 2 aromatic rings. The number of hydrogen-bond donors (Lipinski definition) is 1. The van der Waals surface area contributed by atoms with Gasteiger partial charge in [0.15, 0.2) is 0 Å². The van der Waals surface area contributed by atoms with Crippen LogP contribution >= 0.6 is 0 Å². The van der Waals surface area contributed by atoms with E-state index in [-0.39, 0.29) is 6.03 Å². The minimum Gasteiger partial charge on any atom is -0.492 e. The number of urea groups is 1. The SMILES string of the molecule is O=C(NCCOc1ccc2c(c1)CCCC2)N1CCN(c2ncccn2)CC1. The molecule has 7 heteroatoms. The summed E-state index contributed by atoms with van der Waals surface area (Å²) in [6, 6.07) is 8.14. The Balaban J connectivity index is 1.17. The Kier molecular flexibility index (Phi) is 5.89. The van der Waals surface area contributed by atoms with Crippen molar-refractivity contribution in [2.24, 2.45) is 0 Å². The van der Waals surface area contributed by atoms with E-state index in [1.165, 1.54) is 30.4 Å². The third kappa shape index (κ3) is 4.52. The van der Waals surface area contributed by atoms with Gasteiger partial charge in [-0.15, -0.1) is 0 Å². The Morgan fingerprint density at radius 2 is 1.79 bits per heavy atom. The summed E-state index contributed by atoms with van der Waals surface area (Å²) in [6.45, 7) is 3.78. The number of hydrogen-bond acceptors (Lipinski definition) is 5. The van der Waals surface area contributed by atoms with E-state index in [2.05, 4.69) is 32.3 Å². The Labute approximate surface area is 165 Å². The molecule has 2 amide bonds. The van der Waals surface area contributed by atoms with E-state index in [4.69, 9.17) is 4.74 Å². The molecule has 0 radical (unpaired) electrons. The Morgan fingerprint density at radius 3 is 2.57 bits per heavy atom. The smallest absolute Gasteiger partial charge is 0.317 e. The zero-order valence-corrected chi connectivity index (χ0v) is 16.1. The van der Waals surface area contributed by atoms with Gasteiger partial charge in [-0.3, -0.25) is 0 Å². The van der Waals surface area contributed by atoms with Gasteiger partial charge in [-0.25, -0.2) is 14.8 Å². The van der Waals surface area contributed by atoms with Crippen LogP contribution < -0.4 is 15.0 Å². The Hall–Kier alpha value is -2.83. The highest BCUT2D eigenvalue weighted by Gasteiger charge is 2.22. The second-order valence-corrected chi connectivity index (χ2v) is 7.24. The normalized spacial score (nSPS) is 16.4. The van der Waals surface area contributed by atoms with Gasteiger partial charge in [0.05, 0.1) is 6.54 Å². The lowest BCUT2D eigenvalue weighted by molar-refractivity contribution is 0.191. The lowest BCUT2D eigenvalue weighted by Crippen LogP contribution is -2.52. The molecule has 0 bridgehead atoms. The van der Waals surface area contributed by atoms with Crippen molar-refractivity contribution in [3.05, 3.63) is 47.8 Å². The fourth-order valence-corrected chi connectivity index (χ4v) is 3.80. The number of anilines is 1. The average molecular weight is 381 g/mol. The number of nitrogens with zero attached hydrogens (tertiary/aromatic N) is 4. The number of aryl methyl sites for hydroxylation is 2. The number of amides is 2. The molecule has 0 spiro atoms. The molecule has 0 saturated carbocycles. The highest BCUT2D eigenvalue weighted by molar-refractivity contribution is 5.74. The van der Waals surface area contributed by atoms with Crippen LogP contribution in [0.1, 0.15) is 24.0 Å². The first kappa shape index (κ1) is 18.5. The maximum atomic E-state index is 12.4. The minimum atomic E-state index is -0.0392. The molecule has 7 nitrogen and oxygen atoms in total. The van der Waals surface area contributed by atoms with Crippen molar-refractivity contribution in [2.75, 3.05) is 44.2 Å². The zero-order valence-electron chi connectivity index (χ0n) is 16.1. The molecule has 4 rings (SSSR count). The van der Waals surface area contributed by atoms with Crippen molar-refractivity contribution in [2.45, 2.75) is 25.7 Å². The van der Waals surface area contributed by atoms with E-state index in [0.717, 1.165) is 31.2 Å². The highest BCUT2D eigenvalue weighted by Crippen LogP contribution is 2.25. The first-order valence-electron chi connectivity index (χ1n) is 10.1. The first-order valence-corrected chi connectivity index (χ1v) is 10.1. The maximum Gasteiger partial charge on any atom is 0.317 e. The molecule has 2 aliphatic rings. The van der Waals surface area contributed by atoms with E-state index in [1.54, 1.807) is 18.5 Å². The monoisotopic (exact) mass is 381 g/mol. The molecule has 1 aliphatic carbocycles. The molecule has 1 aliphatic heterocycles. The minimum absolute atomic E-state index is 0.0392. The molecule has 0 unspecified atom stereocenters. The number of rotatable bonds is 5. The van der Waals surface area contributed by atoms with Crippen LogP contribution in [0, 0.1) is 0 Å². The lowest BCUT2D eigenvalue weighted by Gasteiger charge is -2.34. The van der Waals surface area contributed by atoms with Crippen LogP contribution in [-0.4, -0.2) is 60.2 Å². The summed E-state index contributed by atoms with van der Waals surface area (Å²) >= 11 is 0. The van der Waals surface area contributed by atoms with Gasteiger partial charge in [0.1, 0.15) is 12.4 Å². The van der Waals surface area contributed by atoms with Crippen LogP contribution in [0.2, 0.25) is 0 Å². The second kappa shape index (κ2) is 8.91. The lowest BCUT2D eigenvalue weighted by atomic mass is 9.92. The van der Waals surface area contributed by atoms with Gasteiger partial charge in [-0.2, -0.15) is 0 Å². The molecule has 1 N–H and O–H groups in total. The van der Waals surface area contributed by atoms with Crippen LogP contribution in [-0.2, 0) is 12.8 Å². The predicted octanol–water partition coefficient (Wildman–Crippen LogP) is 2.27. The van der Waals surface area contributed by atoms with Crippen molar-refractivity contribution in [1.29, 1.82) is 0 Å². The average Bonchev–Trinajstić information content (AvgIpc) is 2.77. The standard InChI is InChI=1S/C21H27N5O2/c27-21(26-13-11-25(12-14-26)20-22-8-3-9-23-20)24-10-15-28-19-7-6-17-4-1-2-5-18(17)16-19/h3,6-9,16H,1-2,4-5,10-15H2,(H,24,27). The van der Waals surface area contributed by atoms with Crippen molar-refractivity contribution < 1.29 is 9.53 Å². The van der Waals surface area contributed by atoms with Gasteiger partial charge >= 0.3 is 6.03 Å². The quantitative estimate of drug-likeness (QED) is 0.805. The van der Waals surface area contributed by atoms with E-state index in [1.807, 2.05) is 11.0 Å². The number of ether oxygens (including phenoxy) is 1. The number of benzene rings is 1. The van der Waals surface area contributed by atoms with Crippen molar-refractivity contribution in [3.63, 3.8) is 0 Å². The van der Waals surface area contributed by atoms with E-state index >= 15 is 0 Å². The molecule has 28 heavy (non-hydrogen) atoms. The molecule has 148 valence electrons. The van der Waals surface area contributed by atoms with Gasteiger partial charge in [0, 0.05) is 38.6 Å². The third-order valence-corrected chi connectivity index (χ3v) is 5.37. The molecule has 1 aromatic carbocycles. The topological polar surface area (TPSA) is 70.6 Å². The molecule has 1 saturated heterocycles. The van der Waals surface area contributed by atoms with Gasteiger partial charge in [0.2, 0.25) is 5.95 Å². The molecular formula is C21H27N5O2. The number of fused-ring (bicyclic) bond motifs is 1. The fraction of sp³-hybridized carbons (Fsp3) is 0.476. The maximum absolute atomic E-state index is 12.4. The Bertz CT molecular complexity index is 791. The van der Waals surface area contributed by atoms with Gasteiger partial charge < -0.3 is 19.9 Å². The number of piperazine rings is 1. The largest absolute Gasteiger partial charge is 0.492 e. The van der Waals surface area contributed by atoms with Crippen LogP contribution in [0.15, 0.2) is 36.7 Å². The van der Waals surface area contributed by atoms with Crippen LogP contribution in [0.25, 0.3) is 0 Å². The Morgan fingerprint density at radius 1 is 1.04 bits per heavy atom. The fourth-order valence-electron chi connectivity index (χ4n) is 3.80. The third-order valence-electron chi connectivity index (χ3n) is 5.37. The summed E-state index contributed by atoms with van der Waals surface area (Å²) in [5.41, 5.74) is 2.86. The van der Waals surface area contributed by atoms with Crippen LogP contribution in [0.4, 0.5) is 10.7 Å². The van der Waals surface area contributed by atoms with Gasteiger partial charge in [0.25, 0.3) is 0 Å². The summed E-state index contributed by atoms with van der Waals surface area (Å²) in [5, 5.41) is 2.95. The van der Waals surface area contributed by atoms with E-state index in [0.29, 0.717) is 26.2 Å². The van der Waals surface area contributed by atoms with Crippen LogP contribution in [0.5, 0.6) is 5.75 Å². The van der Waals surface area contributed by atoms with Crippen LogP contribution in [0.3, 0.4) is 0 Å². The van der Waals surface area contributed by atoms with E-state index in [9.17, 15) is 4.79 Å². The van der Waals surface area contributed by atoms with Gasteiger partial charge in [-0.1, -0.05) is 6.07 Å². The second-order valence-electron chi connectivity index (χ2n) is 7.24. The molecular weight excluding hydrogens is 354 g/mol. The number of nitrogens with one attached hydrogen (secondary N) is 1. The summed E-state index contributed by atoms with van der Waals surface area (Å²) in [6.07, 6.45) is 8.34. The first-order chi connectivity index (χ1) is 13.8. The molecule has 2 heterocycles. The summed E-state index contributed by atoms with van der Waals surface area (Å²) in [5.74, 6) is 1.62. The van der Waals surface area contributed by atoms with E-state index < -0.39 is 0 Å². The number of carbonyl (C=O) groups excluding carboxylic acids is 1. The molecule has 1 fully saturated rings. The summed E-state index contributed by atoms with van der Waals surface area (Å²) in [7, 11) is 0. The number of carbonyl (C=O) groups is 1. The molecule has 0 atom stereocenters. The number of aromatic nitrogens is 2. The van der Waals surface area contributed by atoms with Crippen molar-refractivity contribution in [3.8, 4) is 5.75 Å². The predicted molar refractivity (Wildman–Crippen MR) is 108 cm³/mol. The van der Waals surface area contributed by atoms with Gasteiger partial charge in [-0.05, 0) is 55.0 Å². The van der Waals surface area contributed by atoms with Crippen molar-refractivity contribution in [1.82, 2.24) is 20.2 Å².